The highest BCUT2D eigenvalue weighted by Crippen LogP contribution is 2.17. The first-order valence-electron chi connectivity index (χ1n) is 6.21. The second kappa shape index (κ2) is 8.49. The van der Waals surface area contributed by atoms with Crippen LogP contribution in [0.15, 0.2) is 24.1 Å². The second-order valence-corrected chi connectivity index (χ2v) is 6.66. The molecule has 0 aromatic carbocycles. The van der Waals surface area contributed by atoms with Crippen molar-refractivity contribution in [3.05, 3.63) is 24.1 Å². The number of esters is 1. The zero-order chi connectivity index (χ0) is 15.9. The minimum Gasteiger partial charge on any atom is -0.452 e. The molecule has 1 aliphatic rings. The molecule has 2 N–H and O–H groups in total. The van der Waals surface area contributed by atoms with Gasteiger partial charge in [-0.2, -0.15) is 0 Å². The first-order valence-corrected chi connectivity index (χ1v) is 9.28. The fourth-order valence-corrected chi connectivity index (χ4v) is 2.90. The highest BCUT2D eigenvalue weighted by atomic mass is 127. The molecule has 0 bridgehead atoms. The normalized spacial score (nSPS) is 20.2. The van der Waals surface area contributed by atoms with Crippen LogP contribution in [0.2, 0.25) is 0 Å². The van der Waals surface area contributed by atoms with Gasteiger partial charge >= 0.3 is 5.97 Å². The van der Waals surface area contributed by atoms with Gasteiger partial charge < -0.3 is 10.1 Å². The topological polar surface area (TPSA) is 102 Å². The zero-order valence-electron chi connectivity index (χ0n) is 11.2. The molecule has 0 aromatic rings. The molecular weight excluding hydrogens is 411 g/mol. The number of alkyl halides is 1. The Bertz CT molecular complexity index is 532. The van der Waals surface area contributed by atoms with Crippen molar-refractivity contribution < 1.29 is 22.7 Å². The lowest BCUT2D eigenvalue weighted by Crippen LogP contribution is -2.35. The highest BCUT2D eigenvalue weighted by Gasteiger charge is 2.27. The second-order valence-electron chi connectivity index (χ2n) is 4.38. The maximum Gasteiger partial charge on any atom is 0.331 e. The van der Waals surface area contributed by atoms with Crippen LogP contribution < -0.4 is 10.0 Å². The van der Waals surface area contributed by atoms with E-state index in [1.807, 2.05) is 22.6 Å². The van der Waals surface area contributed by atoms with Crippen molar-refractivity contribution in [2.45, 2.75) is 18.9 Å². The molecule has 1 rings (SSSR count). The van der Waals surface area contributed by atoms with Gasteiger partial charge in [-0.15, -0.1) is 0 Å². The van der Waals surface area contributed by atoms with Gasteiger partial charge in [0.05, 0.1) is 0 Å². The minimum absolute atomic E-state index is 0.110. The van der Waals surface area contributed by atoms with Crippen LogP contribution in [0.1, 0.15) is 12.8 Å². The molecule has 0 aliphatic carbocycles. The minimum atomic E-state index is -3.66. The van der Waals surface area contributed by atoms with E-state index >= 15 is 0 Å². The van der Waals surface area contributed by atoms with Crippen LogP contribution in [0.25, 0.3) is 0 Å². The Labute approximate surface area is 137 Å². The van der Waals surface area contributed by atoms with E-state index in [1.165, 1.54) is 6.08 Å². The van der Waals surface area contributed by atoms with Crippen molar-refractivity contribution in [3.63, 3.8) is 0 Å². The van der Waals surface area contributed by atoms with Gasteiger partial charge in [0.1, 0.15) is 4.61 Å². The molecule has 0 aromatic heterocycles. The third-order valence-electron chi connectivity index (χ3n) is 2.90. The molecule has 0 radical (unpaired) electrons. The number of carbonyl (C=O) groups excluding carboxylic acids is 2. The van der Waals surface area contributed by atoms with Gasteiger partial charge in [0, 0.05) is 30.0 Å². The number of ether oxygens (including phenoxy) is 1. The predicted molar refractivity (Wildman–Crippen MR) is 85.9 cm³/mol. The van der Waals surface area contributed by atoms with Gasteiger partial charge in [0.2, 0.25) is 15.9 Å². The SMILES string of the molecule is C=CS(=O)(=O)N[C@H](/C=C/C(=O)OCI)CC1CCNC1=O. The van der Waals surface area contributed by atoms with Crippen LogP contribution in [0.4, 0.5) is 0 Å². The summed E-state index contributed by atoms with van der Waals surface area (Å²) in [4.78, 5) is 22.9. The summed E-state index contributed by atoms with van der Waals surface area (Å²) in [5, 5.41) is 3.47. The Balaban J connectivity index is 2.76. The monoisotopic (exact) mass is 428 g/mol. The van der Waals surface area contributed by atoms with E-state index in [4.69, 9.17) is 4.74 Å². The van der Waals surface area contributed by atoms with Crippen LogP contribution in [-0.4, -0.2) is 37.5 Å². The van der Waals surface area contributed by atoms with Crippen LogP contribution in [0, 0.1) is 5.92 Å². The Morgan fingerprint density at radius 3 is 2.86 bits per heavy atom. The number of carbonyl (C=O) groups is 2. The molecule has 0 saturated carbocycles. The molecule has 2 atom stereocenters. The first-order chi connectivity index (χ1) is 9.88. The number of rotatable bonds is 8. The quantitative estimate of drug-likeness (QED) is 0.253. The van der Waals surface area contributed by atoms with Gasteiger partial charge in [-0.25, -0.2) is 17.9 Å². The van der Waals surface area contributed by atoms with Crippen molar-refractivity contribution in [1.82, 2.24) is 10.0 Å². The van der Waals surface area contributed by atoms with Crippen molar-refractivity contribution in [2.75, 3.05) is 11.2 Å². The molecule has 1 heterocycles. The Hall–Kier alpha value is -0.940. The number of amides is 1. The van der Waals surface area contributed by atoms with E-state index in [1.54, 1.807) is 0 Å². The van der Waals surface area contributed by atoms with Crippen molar-refractivity contribution in [3.8, 4) is 0 Å². The van der Waals surface area contributed by atoms with Gasteiger partial charge in [-0.3, -0.25) is 4.79 Å². The smallest absolute Gasteiger partial charge is 0.331 e. The van der Waals surface area contributed by atoms with Crippen molar-refractivity contribution in [2.24, 2.45) is 5.92 Å². The molecule has 1 saturated heterocycles. The molecular formula is C12H17IN2O5S. The average Bonchev–Trinajstić information content (AvgIpc) is 2.82. The van der Waals surface area contributed by atoms with Crippen LogP contribution in [0.5, 0.6) is 0 Å². The van der Waals surface area contributed by atoms with E-state index in [-0.39, 0.29) is 22.9 Å². The van der Waals surface area contributed by atoms with E-state index in [0.717, 1.165) is 11.5 Å². The summed E-state index contributed by atoms with van der Waals surface area (Å²) in [6.07, 6.45) is 3.45. The molecule has 0 spiro atoms. The Morgan fingerprint density at radius 1 is 1.62 bits per heavy atom. The predicted octanol–water partition coefficient (Wildman–Crippen LogP) is 0.436. The molecule has 7 nitrogen and oxygen atoms in total. The molecule has 1 unspecified atom stereocenters. The molecule has 1 aliphatic heterocycles. The summed E-state index contributed by atoms with van der Waals surface area (Å²) in [7, 11) is -3.66. The molecule has 1 amide bonds. The highest BCUT2D eigenvalue weighted by molar-refractivity contribution is 14.1. The lowest BCUT2D eigenvalue weighted by atomic mass is 9.99. The average molecular weight is 428 g/mol. The van der Waals surface area contributed by atoms with Crippen molar-refractivity contribution >= 4 is 44.5 Å². The lowest BCUT2D eigenvalue weighted by molar-refractivity contribution is -0.135. The lowest BCUT2D eigenvalue weighted by Gasteiger charge is -2.16. The molecule has 9 heteroatoms. The largest absolute Gasteiger partial charge is 0.452 e. The zero-order valence-corrected chi connectivity index (χ0v) is 14.2. The number of hydrogen-bond acceptors (Lipinski definition) is 5. The third kappa shape index (κ3) is 6.57. The molecule has 21 heavy (non-hydrogen) atoms. The van der Waals surface area contributed by atoms with E-state index in [0.29, 0.717) is 13.0 Å². The van der Waals surface area contributed by atoms with E-state index < -0.39 is 22.0 Å². The third-order valence-corrected chi connectivity index (χ3v) is 4.28. The fraction of sp³-hybridized carbons (Fsp3) is 0.500. The standard InChI is InChI=1S/C12H17IN2O5S/c1-2-21(18,19)15-10(3-4-11(16)20-8-13)7-9-5-6-14-12(9)17/h2-4,9-10,15H,1,5-8H2,(H,14,17)/b4-3+/t9?,10-/m1/s1. The fourth-order valence-electron chi connectivity index (χ4n) is 1.90. The molecule has 1 fully saturated rings. The summed E-state index contributed by atoms with van der Waals surface area (Å²) in [5.74, 6) is -0.961. The maximum absolute atomic E-state index is 11.6. The summed E-state index contributed by atoms with van der Waals surface area (Å²) in [6.45, 7) is 3.78. The number of hydrogen-bond donors (Lipinski definition) is 2. The van der Waals surface area contributed by atoms with Crippen LogP contribution in [-0.2, 0) is 24.3 Å². The van der Waals surface area contributed by atoms with Crippen molar-refractivity contribution in [1.29, 1.82) is 0 Å². The Morgan fingerprint density at radius 2 is 2.33 bits per heavy atom. The summed E-state index contributed by atoms with van der Waals surface area (Å²) in [5.41, 5.74) is 0. The van der Waals surface area contributed by atoms with E-state index in [2.05, 4.69) is 16.6 Å². The van der Waals surface area contributed by atoms with Gasteiger partial charge in [-0.05, 0) is 35.4 Å². The Kier molecular flexibility index (Phi) is 7.32. The van der Waals surface area contributed by atoms with Gasteiger partial charge in [0.25, 0.3) is 0 Å². The van der Waals surface area contributed by atoms with Gasteiger partial charge in [0.15, 0.2) is 0 Å². The number of halogens is 1. The summed E-state index contributed by atoms with van der Waals surface area (Å²) < 4.78 is 30.4. The maximum atomic E-state index is 11.6. The first kappa shape index (κ1) is 18.1. The summed E-state index contributed by atoms with van der Waals surface area (Å²) >= 11 is 1.88. The van der Waals surface area contributed by atoms with Gasteiger partial charge in [-0.1, -0.05) is 12.7 Å². The summed E-state index contributed by atoms with van der Waals surface area (Å²) in [6, 6.07) is -0.677. The van der Waals surface area contributed by atoms with Crippen LogP contribution >= 0.6 is 22.6 Å². The number of nitrogens with one attached hydrogen (secondary N) is 2. The van der Waals surface area contributed by atoms with E-state index in [9.17, 15) is 18.0 Å². The number of sulfonamides is 1. The molecule has 118 valence electrons. The van der Waals surface area contributed by atoms with Crippen LogP contribution in [0.3, 0.4) is 0 Å².